The molecule has 0 atom stereocenters. The zero-order chi connectivity index (χ0) is 12.7. The third-order valence-electron chi connectivity index (χ3n) is 1.32. The van der Waals surface area contributed by atoms with Crippen LogP contribution in [0.1, 0.15) is 41.0 Å². The molecule has 1 N–H and O–H groups in total. The summed E-state index contributed by atoms with van der Waals surface area (Å²) in [7, 11) is 1.84. The fourth-order valence-corrected chi connectivity index (χ4v) is 0.815. The second kappa shape index (κ2) is 18.7. The number of hydrazine groups is 1. The van der Waals surface area contributed by atoms with Crippen LogP contribution in [-0.2, 0) is 0 Å². The SMILES string of the molecule is C=C/C(=C/CC)N(C=C)NC.CC.CC. The number of hydrogen-bond donors (Lipinski definition) is 1. The molecule has 0 aromatic rings. The average molecular weight is 212 g/mol. The molecule has 2 heteroatoms. The van der Waals surface area contributed by atoms with E-state index in [0.717, 1.165) is 12.1 Å². The van der Waals surface area contributed by atoms with Gasteiger partial charge in [-0.15, -0.1) is 0 Å². The Kier molecular flexibility index (Phi) is 24.4. The highest BCUT2D eigenvalue weighted by molar-refractivity contribution is 5.15. The standard InChI is InChI=1S/C9H16N2.2C2H6/c1-5-8-9(6-2)11(7-3)10-4;2*1-2/h6-8,10H,2-3,5H2,1,4H3;2*1-2H3/b9-8-;;. The molecule has 90 valence electrons. The van der Waals surface area contributed by atoms with Gasteiger partial charge in [0.15, 0.2) is 0 Å². The zero-order valence-electron chi connectivity index (χ0n) is 11.3. The fraction of sp³-hybridized carbons (Fsp3) is 0.538. The zero-order valence-corrected chi connectivity index (χ0v) is 11.3. The highest BCUT2D eigenvalue weighted by Crippen LogP contribution is 2.02. The molecule has 0 rings (SSSR count). The first-order valence-electron chi connectivity index (χ1n) is 5.71. The molecule has 0 bridgehead atoms. The third-order valence-corrected chi connectivity index (χ3v) is 1.32. The fourth-order valence-electron chi connectivity index (χ4n) is 0.815. The van der Waals surface area contributed by atoms with Crippen LogP contribution in [0.4, 0.5) is 0 Å². The van der Waals surface area contributed by atoms with Crippen molar-refractivity contribution >= 4 is 0 Å². The van der Waals surface area contributed by atoms with Crippen molar-refractivity contribution < 1.29 is 0 Å². The number of allylic oxidation sites excluding steroid dienone is 2. The van der Waals surface area contributed by atoms with Crippen molar-refractivity contribution in [3.05, 3.63) is 37.2 Å². The van der Waals surface area contributed by atoms with Crippen LogP contribution in [-0.4, -0.2) is 12.1 Å². The summed E-state index contributed by atoms with van der Waals surface area (Å²) in [5, 5.41) is 1.82. The molecule has 0 radical (unpaired) electrons. The van der Waals surface area contributed by atoms with E-state index in [1.165, 1.54) is 0 Å². The minimum absolute atomic E-state index is 0.993. The van der Waals surface area contributed by atoms with Gasteiger partial charge in [0.1, 0.15) is 0 Å². The molecule has 0 aromatic carbocycles. The van der Waals surface area contributed by atoms with Crippen LogP contribution in [0.2, 0.25) is 0 Å². The number of rotatable bonds is 5. The van der Waals surface area contributed by atoms with E-state index in [0.29, 0.717) is 0 Å². The second-order valence-electron chi connectivity index (χ2n) is 2.02. The van der Waals surface area contributed by atoms with Crippen molar-refractivity contribution in [1.82, 2.24) is 10.4 Å². The van der Waals surface area contributed by atoms with Gasteiger partial charge in [-0.25, -0.2) is 5.43 Å². The Morgan fingerprint density at radius 1 is 1.20 bits per heavy atom. The van der Waals surface area contributed by atoms with Gasteiger partial charge in [0.2, 0.25) is 0 Å². The van der Waals surface area contributed by atoms with Gasteiger partial charge < -0.3 is 0 Å². The maximum atomic E-state index is 3.70. The predicted molar refractivity (Wildman–Crippen MR) is 72.4 cm³/mol. The molecule has 0 spiro atoms. The number of nitrogens with zero attached hydrogens (tertiary/aromatic N) is 1. The molecule has 0 unspecified atom stereocenters. The molecular formula is C13H28N2. The van der Waals surface area contributed by atoms with E-state index in [9.17, 15) is 0 Å². The van der Waals surface area contributed by atoms with E-state index in [4.69, 9.17) is 0 Å². The van der Waals surface area contributed by atoms with E-state index < -0.39 is 0 Å². The average Bonchev–Trinajstić information content (AvgIpc) is 2.34. The smallest absolute Gasteiger partial charge is 0.0524 e. The summed E-state index contributed by atoms with van der Waals surface area (Å²) < 4.78 is 0. The molecule has 0 saturated heterocycles. The van der Waals surface area contributed by atoms with Crippen molar-refractivity contribution in [3.8, 4) is 0 Å². The Morgan fingerprint density at radius 3 is 1.87 bits per heavy atom. The lowest BCUT2D eigenvalue weighted by atomic mass is 10.3. The van der Waals surface area contributed by atoms with E-state index in [1.54, 1.807) is 12.3 Å². The molecule has 0 heterocycles. The molecule has 0 aromatic heterocycles. The Hall–Kier alpha value is -1.02. The molecular weight excluding hydrogens is 184 g/mol. The van der Waals surface area contributed by atoms with Gasteiger partial charge in [0, 0.05) is 13.2 Å². The Bertz CT molecular complexity index is 160. The van der Waals surface area contributed by atoms with Gasteiger partial charge >= 0.3 is 0 Å². The van der Waals surface area contributed by atoms with Crippen LogP contribution in [0.5, 0.6) is 0 Å². The van der Waals surface area contributed by atoms with Gasteiger partial charge in [-0.2, -0.15) is 0 Å². The Balaban J connectivity index is -0.000000318. The van der Waals surface area contributed by atoms with Crippen LogP contribution in [0, 0.1) is 0 Å². The van der Waals surface area contributed by atoms with Gasteiger partial charge in [0.25, 0.3) is 0 Å². The van der Waals surface area contributed by atoms with Gasteiger partial charge in [-0.1, -0.05) is 53.9 Å². The molecule has 0 aliphatic carbocycles. The predicted octanol–water partition coefficient (Wildman–Crippen LogP) is 4.10. The normalized spacial score (nSPS) is 8.80. The maximum Gasteiger partial charge on any atom is 0.0524 e. The Morgan fingerprint density at radius 2 is 1.67 bits per heavy atom. The molecule has 0 saturated carbocycles. The van der Waals surface area contributed by atoms with Crippen LogP contribution in [0.3, 0.4) is 0 Å². The lowest BCUT2D eigenvalue weighted by Gasteiger charge is -2.18. The number of nitrogens with one attached hydrogen (secondary N) is 1. The highest BCUT2D eigenvalue weighted by atomic mass is 15.5. The summed E-state index contributed by atoms with van der Waals surface area (Å²) in [6, 6.07) is 0. The molecule has 0 aliphatic rings. The van der Waals surface area contributed by atoms with Gasteiger partial charge in [0.05, 0.1) is 5.70 Å². The van der Waals surface area contributed by atoms with Crippen molar-refractivity contribution in [2.75, 3.05) is 7.05 Å². The highest BCUT2D eigenvalue weighted by Gasteiger charge is 1.96. The number of hydrogen-bond acceptors (Lipinski definition) is 2. The van der Waals surface area contributed by atoms with E-state index >= 15 is 0 Å². The summed E-state index contributed by atoms with van der Waals surface area (Å²) in [4.78, 5) is 0. The van der Waals surface area contributed by atoms with Crippen molar-refractivity contribution in [1.29, 1.82) is 0 Å². The topological polar surface area (TPSA) is 15.3 Å². The van der Waals surface area contributed by atoms with Crippen molar-refractivity contribution in [2.45, 2.75) is 41.0 Å². The molecule has 0 fully saturated rings. The van der Waals surface area contributed by atoms with Crippen LogP contribution in [0.25, 0.3) is 0 Å². The van der Waals surface area contributed by atoms with E-state index in [2.05, 4.69) is 31.6 Å². The van der Waals surface area contributed by atoms with Crippen molar-refractivity contribution in [3.63, 3.8) is 0 Å². The minimum atomic E-state index is 0.993. The summed E-state index contributed by atoms with van der Waals surface area (Å²) in [5.74, 6) is 0. The maximum absolute atomic E-state index is 3.70. The first-order chi connectivity index (χ1) is 7.29. The first kappa shape index (κ1) is 19.5. The summed E-state index contributed by atoms with van der Waals surface area (Å²) in [6.45, 7) is 17.4. The van der Waals surface area contributed by atoms with E-state index in [-0.39, 0.29) is 0 Å². The lowest BCUT2D eigenvalue weighted by molar-refractivity contribution is 0.385. The molecule has 15 heavy (non-hydrogen) atoms. The van der Waals surface area contributed by atoms with E-state index in [1.807, 2.05) is 39.8 Å². The summed E-state index contributed by atoms with van der Waals surface area (Å²) >= 11 is 0. The minimum Gasteiger partial charge on any atom is -0.285 e. The van der Waals surface area contributed by atoms with Crippen molar-refractivity contribution in [2.24, 2.45) is 0 Å². The van der Waals surface area contributed by atoms with Crippen LogP contribution < -0.4 is 5.43 Å². The second-order valence-corrected chi connectivity index (χ2v) is 2.02. The van der Waals surface area contributed by atoms with Gasteiger partial charge in [-0.3, -0.25) is 5.01 Å². The monoisotopic (exact) mass is 212 g/mol. The quantitative estimate of drug-likeness (QED) is 0.545. The molecule has 0 amide bonds. The first-order valence-corrected chi connectivity index (χ1v) is 5.71. The molecule has 0 aliphatic heterocycles. The molecule has 2 nitrogen and oxygen atoms in total. The third kappa shape index (κ3) is 10.9. The van der Waals surface area contributed by atoms with Crippen LogP contribution in [0.15, 0.2) is 37.2 Å². The largest absolute Gasteiger partial charge is 0.285 e. The Labute approximate surface area is 96.3 Å². The van der Waals surface area contributed by atoms with Crippen LogP contribution >= 0.6 is 0 Å². The summed E-state index contributed by atoms with van der Waals surface area (Å²) in [6.07, 6.45) is 6.57. The van der Waals surface area contributed by atoms with Gasteiger partial charge in [-0.05, 0) is 12.5 Å². The lowest BCUT2D eigenvalue weighted by Crippen LogP contribution is -2.27. The summed E-state index contributed by atoms with van der Waals surface area (Å²) in [5.41, 5.74) is 4.00.